The van der Waals surface area contributed by atoms with Gasteiger partial charge in [-0.05, 0) is 37.8 Å². The molecule has 0 N–H and O–H groups in total. The minimum atomic E-state index is 0.0578. The lowest BCUT2D eigenvalue weighted by Crippen LogP contribution is -2.10. The van der Waals surface area contributed by atoms with Crippen LogP contribution in [-0.4, -0.2) is 18.5 Å². The predicted octanol–water partition coefficient (Wildman–Crippen LogP) is 2.58. The minimum absolute atomic E-state index is 0.0578. The second-order valence-corrected chi connectivity index (χ2v) is 4.39. The topological polar surface area (TPSA) is 35.5 Å². The summed E-state index contributed by atoms with van der Waals surface area (Å²) in [6, 6.07) is 5.50. The van der Waals surface area contributed by atoms with Crippen LogP contribution in [0.5, 0.6) is 11.5 Å². The van der Waals surface area contributed by atoms with Crippen LogP contribution < -0.4 is 9.47 Å². The molecule has 0 bridgehead atoms. The van der Waals surface area contributed by atoms with Gasteiger partial charge in [0.1, 0.15) is 11.5 Å². The molecule has 0 radical (unpaired) electrons. The van der Waals surface area contributed by atoms with Gasteiger partial charge in [0.2, 0.25) is 5.78 Å². The molecule has 16 heavy (non-hydrogen) atoms. The van der Waals surface area contributed by atoms with Crippen LogP contribution in [0, 0.1) is 0 Å². The molecular formula is C13H14O3. The molecule has 1 heterocycles. The van der Waals surface area contributed by atoms with Crippen molar-refractivity contribution < 1.29 is 14.3 Å². The van der Waals surface area contributed by atoms with E-state index >= 15 is 0 Å². The summed E-state index contributed by atoms with van der Waals surface area (Å²) in [5.74, 6) is 1.54. The van der Waals surface area contributed by atoms with E-state index in [2.05, 4.69) is 0 Å². The van der Waals surface area contributed by atoms with Crippen LogP contribution in [0.25, 0.3) is 0 Å². The molecule has 3 heteroatoms. The van der Waals surface area contributed by atoms with E-state index in [1.165, 1.54) is 12.8 Å². The van der Waals surface area contributed by atoms with E-state index in [1.54, 1.807) is 6.07 Å². The molecule has 1 saturated carbocycles. The van der Waals surface area contributed by atoms with E-state index in [1.807, 2.05) is 12.1 Å². The highest BCUT2D eigenvalue weighted by Gasteiger charge is 2.22. The number of carbonyl (C=O) groups is 1. The first-order valence-corrected chi connectivity index (χ1v) is 5.79. The Hall–Kier alpha value is -1.51. The largest absolute Gasteiger partial charge is 0.490 e. The minimum Gasteiger partial charge on any atom is -0.490 e. The van der Waals surface area contributed by atoms with E-state index < -0.39 is 0 Å². The summed E-state index contributed by atoms with van der Waals surface area (Å²) in [6.07, 6.45) is 5.12. The van der Waals surface area contributed by atoms with Crippen molar-refractivity contribution in [1.29, 1.82) is 0 Å². The maximum atomic E-state index is 11.4. The SMILES string of the molecule is O=C1COc2cc(OC3CCCC3)ccc21. The first-order chi connectivity index (χ1) is 7.83. The molecule has 1 aliphatic heterocycles. The van der Waals surface area contributed by atoms with Gasteiger partial charge >= 0.3 is 0 Å². The second kappa shape index (κ2) is 3.81. The molecule has 0 amide bonds. The number of fused-ring (bicyclic) bond motifs is 1. The van der Waals surface area contributed by atoms with Crippen molar-refractivity contribution in [3.63, 3.8) is 0 Å². The van der Waals surface area contributed by atoms with Gasteiger partial charge in [-0.2, -0.15) is 0 Å². The molecule has 0 aromatic heterocycles. The Morgan fingerprint density at radius 3 is 2.88 bits per heavy atom. The monoisotopic (exact) mass is 218 g/mol. The van der Waals surface area contributed by atoms with Gasteiger partial charge < -0.3 is 9.47 Å². The van der Waals surface area contributed by atoms with Crippen LogP contribution in [0.15, 0.2) is 18.2 Å². The van der Waals surface area contributed by atoms with Crippen molar-refractivity contribution in [1.82, 2.24) is 0 Å². The van der Waals surface area contributed by atoms with Gasteiger partial charge in [-0.1, -0.05) is 0 Å². The number of ether oxygens (including phenoxy) is 2. The lowest BCUT2D eigenvalue weighted by atomic mass is 10.1. The second-order valence-electron chi connectivity index (χ2n) is 4.39. The zero-order valence-corrected chi connectivity index (χ0v) is 9.07. The van der Waals surface area contributed by atoms with E-state index in [-0.39, 0.29) is 12.4 Å². The zero-order chi connectivity index (χ0) is 11.0. The Kier molecular flexibility index (Phi) is 2.31. The van der Waals surface area contributed by atoms with E-state index in [0.29, 0.717) is 17.4 Å². The molecule has 1 aromatic rings. The summed E-state index contributed by atoms with van der Waals surface area (Å²) >= 11 is 0. The smallest absolute Gasteiger partial charge is 0.203 e. The Morgan fingerprint density at radius 1 is 1.25 bits per heavy atom. The lowest BCUT2D eigenvalue weighted by molar-refractivity contribution is 0.0961. The quantitative estimate of drug-likeness (QED) is 0.765. The molecule has 1 aliphatic carbocycles. The molecule has 2 aliphatic rings. The first-order valence-electron chi connectivity index (χ1n) is 5.79. The Labute approximate surface area is 94.4 Å². The maximum Gasteiger partial charge on any atom is 0.203 e. The van der Waals surface area contributed by atoms with Crippen molar-refractivity contribution in [2.24, 2.45) is 0 Å². The van der Waals surface area contributed by atoms with E-state index in [0.717, 1.165) is 18.6 Å². The highest BCUT2D eigenvalue weighted by atomic mass is 16.5. The molecule has 3 rings (SSSR count). The van der Waals surface area contributed by atoms with Gasteiger partial charge in [-0.15, -0.1) is 0 Å². The number of benzene rings is 1. The van der Waals surface area contributed by atoms with Gasteiger partial charge in [0.15, 0.2) is 6.61 Å². The Morgan fingerprint density at radius 2 is 2.06 bits per heavy atom. The van der Waals surface area contributed by atoms with Gasteiger partial charge in [-0.3, -0.25) is 4.79 Å². The van der Waals surface area contributed by atoms with Crippen molar-refractivity contribution in [2.75, 3.05) is 6.61 Å². The summed E-state index contributed by atoms with van der Waals surface area (Å²) in [5, 5.41) is 0. The fraction of sp³-hybridized carbons (Fsp3) is 0.462. The molecular weight excluding hydrogens is 204 g/mol. The lowest BCUT2D eigenvalue weighted by Gasteiger charge is -2.13. The van der Waals surface area contributed by atoms with E-state index in [9.17, 15) is 4.79 Å². The summed E-state index contributed by atoms with van der Waals surface area (Å²) in [5.41, 5.74) is 0.679. The van der Waals surface area contributed by atoms with Gasteiger partial charge in [0, 0.05) is 6.07 Å². The molecule has 0 spiro atoms. The number of carbonyl (C=O) groups excluding carboxylic acids is 1. The summed E-state index contributed by atoms with van der Waals surface area (Å²) in [4.78, 5) is 11.4. The third-order valence-electron chi connectivity index (χ3n) is 3.22. The number of hydrogen-bond acceptors (Lipinski definition) is 3. The molecule has 0 saturated heterocycles. The van der Waals surface area contributed by atoms with E-state index in [4.69, 9.17) is 9.47 Å². The van der Waals surface area contributed by atoms with Crippen LogP contribution in [0.1, 0.15) is 36.0 Å². The number of hydrogen-bond donors (Lipinski definition) is 0. The van der Waals surface area contributed by atoms with Crippen LogP contribution in [0.3, 0.4) is 0 Å². The highest BCUT2D eigenvalue weighted by molar-refractivity contribution is 6.02. The van der Waals surface area contributed by atoms with Crippen molar-refractivity contribution >= 4 is 5.78 Å². The summed E-state index contributed by atoms with van der Waals surface area (Å²) in [7, 11) is 0. The molecule has 0 atom stereocenters. The fourth-order valence-corrected chi connectivity index (χ4v) is 2.35. The third-order valence-corrected chi connectivity index (χ3v) is 3.22. The number of rotatable bonds is 2. The van der Waals surface area contributed by atoms with Crippen molar-refractivity contribution in [2.45, 2.75) is 31.8 Å². The summed E-state index contributed by atoms with van der Waals surface area (Å²) < 4.78 is 11.1. The molecule has 0 unspecified atom stereocenters. The van der Waals surface area contributed by atoms with Crippen molar-refractivity contribution in [3.05, 3.63) is 23.8 Å². The molecule has 1 fully saturated rings. The fourth-order valence-electron chi connectivity index (χ4n) is 2.35. The Balaban J connectivity index is 1.79. The standard InChI is InChI=1S/C13H14O3/c14-12-8-15-13-7-10(5-6-11(12)13)16-9-3-1-2-4-9/h5-7,9H,1-4,8H2. The predicted molar refractivity (Wildman–Crippen MR) is 59.2 cm³/mol. The van der Waals surface area contributed by atoms with Crippen LogP contribution >= 0.6 is 0 Å². The van der Waals surface area contributed by atoms with Crippen molar-refractivity contribution in [3.8, 4) is 11.5 Å². The van der Waals surface area contributed by atoms with Gasteiger partial charge in [0.25, 0.3) is 0 Å². The number of ketones is 1. The zero-order valence-electron chi connectivity index (χ0n) is 9.07. The highest BCUT2D eigenvalue weighted by Crippen LogP contribution is 2.31. The average Bonchev–Trinajstić information content (AvgIpc) is 2.90. The molecule has 84 valence electrons. The van der Waals surface area contributed by atoms with Gasteiger partial charge in [-0.25, -0.2) is 0 Å². The molecule has 1 aromatic carbocycles. The van der Waals surface area contributed by atoms with Crippen LogP contribution in [0.4, 0.5) is 0 Å². The number of Topliss-reactive ketones (excluding diaryl/α,β-unsaturated/α-hetero) is 1. The maximum absolute atomic E-state index is 11.4. The van der Waals surface area contributed by atoms with Crippen LogP contribution in [0.2, 0.25) is 0 Å². The normalized spacial score (nSPS) is 19.6. The van der Waals surface area contributed by atoms with Crippen LogP contribution in [-0.2, 0) is 0 Å². The van der Waals surface area contributed by atoms with Gasteiger partial charge in [0.05, 0.1) is 11.7 Å². The summed E-state index contributed by atoms with van der Waals surface area (Å²) in [6.45, 7) is 0.169. The first kappa shape index (κ1) is 9.70. The Bertz CT molecular complexity index is 419. The molecule has 3 nitrogen and oxygen atoms in total. The third kappa shape index (κ3) is 1.66. The average molecular weight is 218 g/mol.